The predicted octanol–water partition coefficient (Wildman–Crippen LogP) is 2.10. The predicted molar refractivity (Wildman–Crippen MR) is 77.5 cm³/mol. The van der Waals surface area contributed by atoms with Crippen LogP contribution in [0, 0.1) is 0 Å². The molecule has 1 fully saturated rings. The molecule has 0 spiro atoms. The summed E-state index contributed by atoms with van der Waals surface area (Å²) in [5.74, 6) is 0. The normalized spacial score (nSPS) is 19.7. The van der Waals surface area contributed by atoms with Crippen LogP contribution >= 0.6 is 0 Å². The van der Waals surface area contributed by atoms with E-state index in [2.05, 4.69) is 22.2 Å². The highest BCUT2D eigenvalue weighted by Gasteiger charge is 2.42. The molecule has 1 aromatic heterocycles. The largest absolute Gasteiger partial charge is 0.381 e. The molecule has 5 nitrogen and oxygen atoms in total. The third-order valence-electron chi connectivity index (χ3n) is 3.77. The maximum absolute atomic E-state index is 6.17. The summed E-state index contributed by atoms with van der Waals surface area (Å²) in [6, 6.07) is 0.0694. The van der Waals surface area contributed by atoms with E-state index >= 15 is 0 Å². The Morgan fingerprint density at radius 3 is 2.75 bits per heavy atom. The smallest absolute Gasteiger partial charge is 0.0935 e. The van der Waals surface area contributed by atoms with Gasteiger partial charge in [-0.15, -0.1) is 0 Å². The van der Waals surface area contributed by atoms with Crippen molar-refractivity contribution in [1.82, 2.24) is 15.3 Å². The molecule has 1 unspecified atom stereocenters. The van der Waals surface area contributed by atoms with Crippen molar-refractivity contribution < 1.29 is 9.47 Å². The lowest BCUT2D eigenvalue weighted by Crippen LogP contribution is -2.50. The van der Waals surface area contributed by atoms with E-state index in [0.29, 0.717) is 6.61 Å². The Balaban J connectivity index is 2.26. The highest BCUT2D eigenvalue weighted by atomic mass is 16.5. The number of nitrogens with one attached hydrogen (secondary N) is 1. The summed E-state index contributed by atoms with van der Waals surface area (Å²) in [4.78, 5) is 8.70. The summed E-state index contributed by atoms with van der Waals surface area (Å²) >= 11 is 0. The monoisotopic (exact) mass is 279 g/mol. The van der Waals surface area contributed by atoms with E-state index in [4.69, 9.17) is 9.47 Å². The molecule has 0 radical (unpaired) electrons. The van der Waals surface area contributed by atoms with Crippen LogP contribution in [0.1, 0.15) is 44.8 Å². The van der Waals surface area contributed by atoms with E-state index in [1.165, 1.54) is 0 Å². The first kappa shape index (κ1) is 15.4. The van der Waals surface area contributed by atoms with Crippen LogP contribution in [0.5, 0.6) is 0 Å². The Labute approximate surface area is 121 Å². The molecule has 0 saturated carbocycles. The fraction of sp³-hybridized carbons (Fsp3) is 0.733. The van der Waals surface area contributed by atoms with Gasteiger partial charge in [-0.2, -0.15) is 0 Å². The maximum Gasteiger partial charge on any atom is 0.0935 e. The number of hydrogen-bond donors (Lipinski definition) is 1. The molecule has 1 atom stereocenters. The molecule has 112 valence electrons. The Hall–Kier alpha value is -1.04. The van der Waals surface area contributed by atoms with Gasteiger partial charge in [0.05, 0.1) is 23.5 Å². The zero-order valence-corrected chi connectivity index (χ0v) is 12.5. The van der Waals surface area contributed by atoms with Gasteiger partial charge in [-0.05, 0) is 19.9 Å². The summed E-state index contributed by atoms with van der Waals surface area (Å²) in [6.45, 7) is 7.33. The Morgan fingerprint density at radius 2 is 2.15 bits per heavy atom. The number of ether oxygens (including phenoxy) is 2. The molecule has 1 aliphatic heterocycles. The van der Waals surface area contributed by atoms with Crippen molar-refractivity contribution in [2.45, 2.75) is 44.8 Å². The zero-order chi connectivity index (χ0) is 14.3. The molecule has 1 aromatic rings. The average Bonchev–Trinajstić information content (AvgIpc) is 2.50. The molecule has 1 saturated heterocycles. The molecule has 0 amide bonds. The van der Waals surface area contributed by atoms with Crippen LogP contribution in [-0.4, -0.2) is 41.9 Å². The van der Waals surface area contributed by atoms with Gasteiger partial charge in [-0.1, -0.05) is 6.92 Å². The third kappa shape index (κ3) is 3.53. The quantitative estimate of drug-likeness (QED) is 0.828. The first-order chi connectivity index (χ1) is 9.82. The molecule has 2 rings (SSSR count). The molecular weight excluding hydrogens is 254 g/mol. The van der Waals surface area contributed by atoms with Crippen LogP contribution in [0.25, 0.3) is 0 Å². The van der Waals surface area contributed by atoms with Crippen molar-refractivity contribution in [2.24, 2.45) is 0 Å². The van der Waals surface area contributed by atoms with Crippen molar-refractivity contribution in [3.8, 4) is 0 Å². The SMILES string of the molecule is CCCNC(c1cnccn1)C1(OCC)CCOCC1. The van der Waals surface area contributed by atoms with Gasteiger partial charge in [0.2, 0.25) is 0 Å². The maximum atomic E-state index is 6.17. The van der Waals surface area contributed by atoms with E-state index in [0.717, 1.165) is 44.7 Å². The Kier molecular flexibility index (Phi) is 5.88. The molecule has 1 aliphatic rings. The van der Waals surface area contributed by atoms with Crippen LogP contribution in [0.15, 0.2) is 18.6 Å². The first-order valence-corrected chi connectivity index (χ1v) is 7.53. The fourth-order valence-electron chi connectivity index (χ4n) is 2.83. The highest BCUT2D eigenvalue weighted by Crippen LogP contribution is 2.37. The molecule has 5 heteroatoms. The summed E-state index contributed by atoms with van der Waals surface area (Å²) in [5, 5.41) is 3.60. The van der Waals surface area contributed by atoms with Gasteiger partial charge in [0.15, 0.2) is 0 Å². The Bertz CT molecular complexity index is 374. The highest BCUT2D eigenvalue weighted by molar-refractivity contribution is 5.11. The van der Waals surface area contributed by atoms with E-state index < -0.39 is 0 Å². The molecular formula is C15H25N3O2. The lowest BCUT2D eigenvalue weighted by atomic mass is 9.84. The van der Waals surface area contributed by atoms with Crippen molar-refractivity contribution in [3.63, 3.8) is 0 Å². The van der Waals surface area contributed by atoms with Gasteiger partial charge >= 0.3 is 0 Å². The summed E-state index contributed by atoms with van der Waals surface area (Å²) < 4.78 is 11.7. The van der Waals surface area contributed by atoms with E-state index in [1.807, 2.05) is 13.1 Å². The summed E-state index contributed by atoms with van der Waals surface area (Å²) in [6.07, 6.45) is 8.14. The van der Waals surface area contributed by atoms with Crippen LogP contribution in [0.2, 0.25) is 0 Å². The third-order valence-corrected chi connectivity index (χ3v) is 3.77. The lowest BCUT2D eigenvalue weighted by Gasteiger charge is -2.43. The number of hydrogen-bond acceptors (Lipinski definition) is 5. The van der Waals surface area contributed by atoms with Gasteiger partial charge in [0.25, 0.3) is 0 Å². The molecule has 2 heterocycles. The topological polar surface area (TPSA) is 56.3 Å². The van der Waals surface area contributed by atoms with E-state index in [9.17, 15) is 0 Å². The minimum atomic E-state index is -0.238. The van der Waals surface area contributed by atoms with Crippen molar-refractivity contribution in [1.29, 1.82) is 0 Å². The van der Waals surface area contributed by atoms with E-state index in [-0.39, 0.29) is 11.6 Å². The first-order valence-electron chi connectivity index (χ1n) is 7.53. The van der Waals surface area contributed by atoms with Gasteiger partial charge in [-0.25, -0.2) is 0 Å². The van der Waals surface area contributed by atoms with Crippen LogP contribution in [0.4, 0.5) is 0 Å². The molecule has 1 N–H and O–H groups in total. The Morgan fingerprint density at radius 1 is 1.35 bits per heavy atom. The van der Waals surface area contributed by atoms with Gasteiger partial charge in [0.1, 0.15) is 0 Å². The lowest BCUT2D eigenvalue weighted by molar-refractivity contribution is -0.128. The minimum Gasteiger partial charge on any atom is -0.381 e. The van der Waals surface area contributed by atoms with E-state index in [1.54, 1.807) is 12.4 Å². The summed E-state index contributed by atoms with van der Waals surface area (Å²) in [7, 11) is 0. The summed E-state index contributed by atoms with van der Waals surface area (Å²) in [5.41, 5.74) is 0.717. The number of aromatic nitrogens is 2. The number of nitrogens with zero attached hydrogens (tertiary/aromatic N) is 2. The van der Waals surface area contributed by atoms with Gasteiger partial charge in [0, 0.05) is 45.1 Å². The van der Waals surface area contributed by atoms with Gasteiger partial charge in [-0.3, -0.25) is 9.97 Å². The molecule has 20 heavy (non-hydrogen) atoms. The van der Waals surface area contributed by atoms with Crippen molar-refractivity contribution in [3.05, 3.63) is 24.3 Å². The van der Waals surface area contributed by atoms with Crippen LogP contribution in [-0.2, 0) is 9.47 Å². The van der Waals surface area contributed by atoms with Gasteiger partial charge < -0.3 is 14.8 Å². The minimum absolute atomic E-state index is 0.0694. The standard InChI is InChI=1S/C15H25N3O2/c1-3-7-18-14(13-12-16-8-9-17-13)15(20-4-2)5-10-19-11-6-15/h8-9,12,14,18H,3-7,10-11H2,1-2H3. The van der Waals surface area contributed by atoms with Crippen molar-refractivity contribution in [2.75, 3.05) is 26.4 Å². The second-order valence-electron chi connectivity index (χ2n) is 5.13. The molecule has 0 aromatic carbocycles. The molecule has 0 bridgehead atoms. The zero-order valence-electron chi connectivity index (χ0n) is 12.5. The molecule has 0 aliphatic carbocycles. The average molecular weight is 279 g/mol. The second-order valence-corrected chi connectivity index (χ2v) is 5.13. The fourth-order valence-corrected chi connectivity index (χ4v) is 2.83. The number of rotatable bonds is 7. The van der Waals surface area contributed by atoms with Crippen LogP contribution < -0.4 is 5.32 Å². The van der Waals surface area contributed by atoms with Crippen LogP contribution in [0.3, 0.4) is 0 Å². The second kappa shape index (κ2) is 7.67. The van der Waals surface area contributed by atoms with Crippen molar-refractivity contribution >= 4 is 0 Å².